The molecule has 2 saturated carbocycles. The van der Waals surface area contributed by atoms with E-state index in [-0.39, 0.29) is 0 Å². The Labute approximate surface area is 193 Å². The van der Waals surface area contributed by atoms with Crippen LogP contribution in [0.25, 0.3) is 0 Å². The lowest BCUT2D eigenvalue weighted by Crippen LogP contribution is -2.42. The summed E-state index contributed by atoms with van der Waals surface area (Å²) in [5, 5.41) is 0. The molecule has 170 valence electrons. The molecule has 2 aromatic carbocycles. The largest absolute Gasteiger partial charge is 0.489 e. The van der Waals surface area contributed by atoms with E-state index in [1.807, 2.05) is 0 Å². The number of carbonyl (C=O) groups excluding carboxylic acids is 1. The molecule has 3 aliphatic carbocycles. The number of hydrogen-bond donors (Lipinski definition) is 0. The lowest BCUT2D eigenvalue weighted by molar-refractivity contribution is -0.119. The van der Waals surface area contributed by atoms with Crippen LogP contribution in [-0.4, -0.2) is 5.78 Å². The molecule has 0 saturated heterocycles. The molecule has 0 aliphatic heterocycles. The van der Waals surface area contributed by atoms with Crippen molar-refractivity contribution in [2.45, 2.75) is 84.7 Å². The fourth-order valence-corrected chi connectivity index (χ4v) is 7.58. The zero-order valence-corrected chi connectivity index (χ0v) is 20.0. The van der Waals surface area contributed by atoms with Crippen LogP contribution in [0.1, 0.15) is 87.5 Å². The third kappa shape index (κ3) is 3.80. The average molecular weight is 431 g/mol. The van der Waals surface area contributed by atoms with Crippen molar-refractivity contribution in [2.24, 2.45) is 23.2 Å². The number of hydrogen-bond acceptors (Lipinski definition) is 2. The molecule has 0 bridgehead atoms. The van der Waals surface area contributed by atoms with Crippen molar-refractivity contribution in [3.8, 4) is 5.75 Å². The Morgan fingerprint density at radius 3 is 2.66 bits per heavy atom. The van der Waals surface area contributed by atoms with E-state index in [1.54, 1.807) is 12.5 Å². The van der Waals surface area contributed by atoms with Crippen LogP contribution in [0.2, 0.25) is 0 Å². The summed E-state index contributed by atoms with van der Waals surface area (Å²) in [5.74, 6) is 4.34. The van der Waals surface area contributed by atoms with Crippen molar-refractivity contribution < 1.29 is 9.53 Å². The predicted molar refractivity (Wildman–Crippen MR) is 130 cm³/mol. The van der Waals surface area contributed by atoms with Gasteiger partial charge in [-0.3, -0.25) is 0 Å². The van der Waals surface area contributed by atoms with E-state index < -0.39 is 0 Å². The molecule has 2 heteroatoms. The molecule has 0 aromatic heterocycles. The van der Waals surface area contributed by atoms with Gasteiger partial charge < -0.3 is 9.53 Å². The highest BCUT2D eigenvalue weighted by molar-refractivity contribution is 5.75. The van der Waals surface area contributed by atoms with Gasteiger partial charge in [0.2, 0.25) is 0 Å². The van der Waals surface area contributed by atoms with Gasteiger partial charge in [0, 0.05) is 6.42 Å². The first-order valence-electron chi connectivity index (χ1n) is 12.8. The van der Waals surface area contributed by atoms with E-state index in [9.17, 15) is 4.79 Å². The van der Waals surface area contributed by atoms with Crippen LogP contribution >= 0.6 is 0 Å². The van der Waals surface area contributed by atoms with E-state index >= 15 is 0 Å². The summed E-state index contributed by atoms with van der Waals surface area (Å²) in [7, 11) is 0. The maximum Gasteiger partial charge on any atom is 0.130 e. The van der Waals surface area contributed by atoms with Gasteiger partial charge in [-0.15, -0.1) is 0 Å². The molecule has 3 aliphatic rings. The Kier molecular flexibility index (Phi) is 5.90. The number of benzene rings is 2. The molecule has 0 spiro atoms. The third-order valence-corrected chi connectivity index (χ3v) is 9.25. The molecule has 2 nitrogen and oxygen atoms in total. The molecule has 5 atom stereocenters. The maximum absolute atomic E-state index is 11.9. The number of ether oxygens (including phenoxy) is 1. The van der Waals surface area contributed by atoms with E-state index in [0.717, 1.165) is 30.4 Å². The van der Waals surface area contributed by atoms with Gasteiger partial charge in [0.05, 0.1) is 0 Å². The van der Waals surface area contributed by atoms with Gasteiger partial charge in [-0.1, -0.05) is 50.2 Å². The van der Waals surface area contributed by atoms with E-state index in [1.165, 1.54) is 55.2 Å². The zero-order valence-electron chi connectivity index (χ0n) is 20.0. The van der Waals surface area contributed by atoms with Crippen molar-refractivity contribution >= 4 is 5.78 Å². The van der Waals surface area contributed by atoms with Gasteiger partial charge in [-0.05, 0) is 109 Å². The molecule has 32 heavy (non-hydrogen) atoms. The standard InChI is InChI=1S/C30H38O2/c1-4-22-17-27-23(18-29(22)32-19-21-8-6-5-7-9-21)10-12-26-25(27)14-15-30(3)24(16-20(2)31)11-13-28(26)30/h5-9,17-18,24-26,28H,4,10-16,19H2,1-3H3/t24-,25?,26?,28?,30-/m1/s1. The summed E-state index contributed by atoms with van der Waals surface area (Å²) in [6.07, 6.45) is 9.42. The summed E-state index contributed by atoms with van der Waals surface area (Å²) in [5.41, 5.74) is 6.09. The average Bonchev–Trinajstić information content (AvgIpc) is 3.13. The van der Waals surface area contributed by atoms with Gasteiger partial charge >= 0.3 is 0 Å². The molecular weight excluding hydrogens is 392 g/mol. The minimum atomic E-state index is 0.372. The van der Waals surface area contributed by atoms with Crippen LogP contribution in [0.15, 0.2) is 42.5 Å². The molecule has 0 heterocycles. The lowest BCUT2D eigenvalue weighted by Gasteiger charge is -2.51. The van der Waals surface area contributed by atoms with Crippen molar-refractivity contribution in [3.05, 3.63) is 64.7 Å². The van der Waals surface area contributed by atoms with E-state index in [2.05, 4.69) is 56.3 Å². The van der Waals surface area contributed by atoms with Crippen molar-refractivity contribution in [2.75, 3.05) is 0 Å². The first kappa shape index (κ1) is 21.7. The van der Waals surface area contributed by atoms with Crippen LogP contribution in [-0.2, 0) is 24.2 Å². The van der Waals surface area contributed by atoms with Crippen molar-refractivity contribution in [1.82, 2.24) is 0 Å². The number of ketones is 1. The first-order chi connectivity index (χ1) is 15.5. The number of carbonyl (C=O) groups is 1. The third-order valence-electron chi connectivity index (χ3n) is 9.25. The normalized spacial score (nSPS) is 30.8. The van der Waals surface area contributed by atoms with Gasteiger partial charge in [0.15, 0.2) is 0 Å². The molecule has 0 radical (unpaired) electrons. The molecule has 3 unspecified atom stereocenters. The highest BCUT2D eigenvalue weighted by atomic mass is 16.5. The van der Waals surface area contributed by atoms with E-state index in [0.29, 0.717) is 29.6 Å². The minimum Gasteiger partial charge on any atom is -0.489 e. The zero-order chi connectivity index (χ0) is 22.3. The number of fused-ring (bicyclic) bond motifs is 5. The Balaban J connectivity index is 1.38. The summed E-state index contributed by atoms with van der Waals surface area (Å²) in [6, 6.07) is 15.3. The van der Waals surface area contributed by atoms with Crippen LogP contribution in [0.5, 0.6) is 5.75 Å². The van der Waals surface area contributed by atoms with Gasteiger partial charge in [0.25, 0.3) is 0 Å². The predicted octanol–water partition coefficient (Wildman–Crippen LogP) is 7.28. The molecule has 2 aromatic rings. The number of rotatable bonds is 6. The molecule has 5 rings (SSSR count). The van der Waals surface area contributed by atoms with Crippen LogP contribution in [0.4, 0.5) is 0 Å². The SMILES string of the molecule is CCc1cc2c(cc1OCc1ccccc1)CCC1C2CC[C@@]2(C)C1CC[C@@H]2CC(C)=O. The fraction of sp³-hybridized carbons (Fsp3) is 0.567. The van der Waals surface area contributed by atoms with Gasteiger partial charge in [-0.2, -0.15) is 0 Å². The highest BCUT2D eigenvalue weighted by Gasteiger charge is 2.54. The maximum atomic E-state index is 11.9. The van der Waals surface area contributed by atoms with Crippen molar-refractivity contribution in [3.63, 3.8) is 0 Å². The summed E-state index contributed by atoms with van der Waals surface area (Å²) in [4.78, 5) is 11.9. The summed E-state index contributed by atoms with van der Waals surface area (Å²) in [6.45, 7) is 7.18. The molecular formula is C30H38O2. The Morgan fingerprint density at radius 2 is 1.91 bits per heavy atom. The molecule has 0 amide bonds. The Morgan fingerprint density at radius 1 is 1.09 bits per heavy atom. The second-order valence-electron chi connectivity index (χ2n) is 10.9. The van der Waals surface area contributed by atoms with Crippen LogP contribution in [0.3, 0.4) is 0 Å². The summed E-state index contributed by atoms with van der Waals surface area (Å²) < 4.78 is 6.32. The van der Waals surface area contributed by atoms with Gasteiger partial charge in [0.1, 0.15) is 18.1 Å². The minimum absolute atomic E-state index is 0.372. The lowest BCUT2D eigenvalue weighted by atomic mass is 9.54. The summed E-state index contributed by atoms with van der Waals surface area (Å²) >= 11 is 0. The Hall–Kier alpha value is -2.09. The highest BCUT2D eigenvalue weighted by Crippen LogP contribution is 2.63. The number of aryl methyl sites for hydroxylation is 2. The number of Topliss-reactive ketones (excluding diaryl/α,β-unsaturated/α-hetero) is 1. The first-order valence-corrected chi connectivity index (χ1v) is 12.8. The quantitative estimate of drug-likeness (QED) is 0.481. The fourth-order valence-electron chi connectivity index (χ4n) is 7.58. The second-order valence-corrected chi connectivity index (χ2v) is 10.9. The smallest absolute Gasteiger partial charge is 0.130 e. The van der Waals surface area contributed by atoms with Crippen LogP contribution < -0.4 is 4.74 Å². The monoisotopic (exact) mass is 430 g/mol. The van der Waals surface area contributed by atoms with Crippen molar-refractivity contribution in [1.29, 1.82) is 0 Å². The molecule has 0 N–H and O–H groups in total. The Bertz CT molecular complexity index is 978. The van der Waals surface area contributed by atoms with Crippen LogP contribution in [0, 0.1) is 23.2 Å². The topological polar surface area (TPSA) is 26.3 Å². The molecule has 2 fully saturated rings. The second kappa shape index (κ2) is 8.69. The van der Waals surface area contributed by atoms with Gasteiger partial charge in [-0.25, -0.2) is 0 Å². The van der Waals surface area contributed by atoms with E-state index in [4.69, 9.17) is 4.74 Å².